The van der Waals surface area contributed by atoms with Gasteiger partial charge >= 0.3 is 12.1 Å². The molecule has 8 heteroatoms. The number of carboxylic acids is 1. The summed E-state index contributed by atoms with van der Waals surface area (Å²) in [6.45, 7) is 4.08. The number of aliphatic carboxylic acids is 1. The first-order chi connectivity index (χ1) is 16.9. The Hall–Kier alpha value is -3.39. The number of amides is 2. The summed E-state index contributed by atoms with van der Waals surface area (Å²) in [4.78, 5) is 37.1. The third kappa shape index (κ3) is 4.89. The van der Waals surface area contributed by atoms with Crippen molar-refractivity contribution in [1.82, 2.24) is 10.6 Å². The highest BCUT2D eigenvalue weighted by molar-refractivity contribution is 5.84. The lowest BCUT2D eigenvalue weighted by Gasteiger charge is -2.28. The number of nitrogens with one attached hydrogen (secondary N) is 2. The summed E-state index contributed by atoms with van der Waals surface area (Å²) >= 11 is 0. The predicted octanol–water partition coefficient (Wildman–Crippen LogP) is 3.69. The van der Waals surface area contributed by atoms with E-state index in [4.69, 9.17) is 9.47 Å². The Morgan fingerprint density at radius 3 is 2.20 bits per heavy atom. The molecule has 0 spiro atoms. The number of carbonyl (C=O) groups is 3. The Balaban J connectivity index is 1.34. The molecule has 0 saturated carbocycles. The summed E-state index contributed by atoms with van der Waals surface area (Å²) in [5, 5.41) is 15.1. The van der Waals surface area contributed by atoms with Crippen LogP contribution < -0.4 is 10.6 Å². The smallest absolute Gasteiger partial charge is 0.407 e. The van der Waals surface area contributed by atoms with E-state index < -0.39 is 35.5 Å². The normalized spacial score (nSPS) is 19.0. The van der Waals surface area contributed by atoms with Crippen LogP contribution in [0, 0.1) is 5.41 Å². The number of fused-ring (bicyclic) bond motifs is 3. The van der Waals surface area contributed by atoms with E-state index in [1.165, 1.54) is 0 Å². The zero-order valence-electron chi connectivity index (χ0n) is 20.1. The van der Waals surface area contributed by atoms with Crippen LogP contribution in [0.3, 0.4) is 0 Å². The maximum atomic E-state index is 12.8. The average molecular weight is 481 g/mol. The van der Waals surface area contributed by atoms with E-state index in [9.17, 15) is 19.5 Å². The van der Waals surface area contributed by atoms with Gasteiger partial charge < -0.3 is 25.2 Å². The second kappa shape index (κ2) is 10.5. The van der Waals surface area contributed by atoms with Crippen LogP contribution in [0.4, 0.5) is 4.79 Å². The lowest BCUT2D eigenvalue weighted by Crippen LogP contribution is -2.51. The first kappa shape index (κ1) is 24.7. The number of ether oxygens (including phenoxy) is 2. The van der Waals surface area contributed by atoms with Crippen LogP contribution >= 0.6 is 0 Å². The molecule has 1 heterocycles. The van der Waals surface area contributed by atoms with E-state index in [-0.39, 0.29) is 19.1 Å². The van der Waals surface area contributed by atoms with Crippen molar-refractivity contribution in [3.8, 4) is 11.1 Å². The molecule has 3 N–H and O–H groups in total. The summed E-state index contributed by atoms with van der Waals surface area (Å²) in [5.41, 5.74) is 3.52. The zero-order valence-corrected chi connectivity index (χ0v) is 20.1. The van der Waals surface area contributed by atoms with Crippen LogP contribution in [0.5, 0.6) is 0 Å². The number of benzene rings is 2. The molecule has 2 atom stereocenters. The van der Waals surface area contributed by atoms with Crippen LogP contribution in [-0.2, 0) is 19.1 Å². The first-order valence-electron chi connectivity index (χ1n) is 12.1. The van der Waals surface area contributed by atoms with Crippen LogP contribution in [0.15, 0.2) is 48.5 Å². The van der Waals surface area contributed by atoms with Crippen molar-refractivity contribution in [3.63, 3.8) is 0 Å². The fourth-order valence-corrected chi connectivity index (χ4v) is 5.02. The average Bonchev–Trinajstić information content (AvgIpc) is 3.46. The van der Waals surface area contributed by atoms with Gasteiger partial charge in [-0.05, 0) is 41.5 Å². The summed E-state index contributed by atoms with van der Waals surface area (Å²) in [6, 6.07) is 15.7. The maximum Gasteiger partial charge on any atom is 0.407 e. The van der Waals surface area contributed by atoms with Crippen molar-refractivity contribution in [2.75, 3.05) is 19.8 Å². The minimum Gasteiger partial charge on any atom is -0.481 e. The van der Waals surface area contributed by atoms with Gasteiger partial charge in [0.1, 0.15) is 6.61 Å². The molecule has 1 aliphatic carbocycles. The molecule has 1 fully saturated rings. The minimum absolute atomic E-state index is 0.00565. The highest BCUT2D eigenvalue weighted by Crippen LogP contribution is 2.44. The number of hydrogen-bond donors (Lipinski definition) is 3. The van der Waals surface area contributed by atoms with Crippen molar-refractivity contribution in [3.05, 3.63) is 59.7 Å². The number of carboxylic acid groups (broad SMARTS) is 1. The van der Waals surface area contributed by atoms with Crippen LogP contribution in [0.2, 0.25) is 0 Å². The molecule has 0 aromatic heterocycles. The second-order valence-corrected chi connectivity index (χ2v) is 9.17. The van der Waals surface area contributed by atoms with Crippen molar-refractivity contribution in [2.45, 2.75) is 51.2 Å². The van der Waals surface area contributed by atoms with Gasteiger partial charge in [-0.15, -0.1) is 0 Å². The largest absolute Gasteiger partial charge is 0.481 e. The third-order valence-corrected chi connectivity index (χ3v) is 7.41. The molecule has 1 aliphatic heterocycles. The van der Waals surface area contributed by atoms with Gasteiger partial charge in [0.2, 0.25) is 0 Å². The van der Waals surface area contributed by atoms with Crippen LogP contribution in [0.1, 0.15) is 50.2 Å². The van der Waals surface area contributed by atoms with Gasteiger partial charge in [-0.25, -0.2) is 4.79 Å². The van der Waals surface area contributed by atoms with Crippen molar-refractivity contribution >= 4 is 18.0 Å². The summed E-state index contributed by atoms with van der Waals surface area (Å²) in [5.74, 6) is -1.43. The Bertz CT molecular complexity index is 1050. The molecule has 2 amide bonds. The predicted molar refractivity (Wildman–Crippen MR) is 130 cm³/mol. The fraction of sp³-hybridized carbons (Fsp3) is 0.444. The van der Waals surface area contributed by atoms with E-state index in [0.717, 1.165) is 22.3 Å². The molecule has 35 heavy (non-hydrogen) atoms. The standard InChI is InChI=1S/C27H32N2O6/c1-3-27(4-2,25(31)32)16-28-24(30)23-22(13-14-34-23)29-26(33)35-15-21-19-11-7-5-9-17(19)18-10-6-8-12-20(18)21/h5-12,21-23H,3-4,13-16H2,1-2H3,(H,28,30)(H,29,33)(H,31,32)/t22-,23+/m0/s1. The lowest BCUT2D eigenvalue weighted by atomic mass is 9.82. The van der Waals surface area contributed by atoms with Gasteiger partial charge in [0, 0.05) is 19.1 Å². The van der Waals surface area contributed by atoms with E-state index in [1.807, 2.05) is 24.3 Å². The third-order valence-electron chi connectivity index (χ3n) is 7.41. The van der Waals surface area contributed by atoms with Gasteiger partial charge in [-0.3, -0.25) is 9.59 Å². The topological polar surface area (TPSA) is 114 Å². The van der Waals surface area contributed by atoms with Crippen molar-refractivity contribution in [1.29, 1.82) is 0 Å². The molecule has 2 aliphatic rings. The summed E-state index contributed by atoms with van der Waals surface area (Å²) in [7, 11) is 0. The summed E-state index contributed by atoms with van der Waals surface area (Å²) in [6.07, 6.45) is -0.246. The molecule has 1 saturated heterocycles. The van der Waals surface area contributed by atoms with E-state index in [1.54, 1.807) is 13.8 Å². The Morgan fingerprint density at radius 2 is 1.63 bits per heavy atom. The Labute approximate surface area is 205 Å². The summed E-state index contributed by atoms with van der Waals surface area (Å²) < 4.78 is 11.2. The zero-order chi connectivity index (χ0) is 25.0. The molecule has 0 unspecified atom stereocenters. The second-order valence-electron chi connectivity index (χ2n) is 9.17. The molecule has 4 rings (SSSR count). The SMILES string of the molecule is CCC(CC)(CNC(=O)[C@@H]1OCC[C@@H]1NC(=O)OCC1c2ccccc2-c2ccccc21)C(=O)O. The maximum absolute atomic E-state index is 12.8. The van der Waals surface area contributed by atoms with E-state index >= 15 is 0 Å². The molecule has 0 bridgehead atoms. The molecule has 2 aromatic carbocycles. The fourth-order valence-electron chi connectivity index (χ4n) is 5.02. The Kier molecular flexibility index (Phi) is 7.40. The number of hydrogen-bond acceptors (Lipinski definition) is 5. The lowest BCUT2D eigenvalue weighted by molar-refractivity contribution is -0.149. The molecule has 2 aromatic rings. The molecule has 0 radical (unpaired) electrons. The van der Waals surface area contributed by atoms with Crippen LogP contribution in [-0.4, -0.2) is 55.0 Å². The van der Waals surface area contributed by atoms with Gasteiger partial charge in [0.25, 0.3) is 5.91 Å². The highest BCUT2D eigenvalue weighted by Gasteiger charge is 2.39. The number of carbonyl (C=O) groups excluding carboxylic acids is 2. The van der Waals surface area contributed by atoms with Gasteiger partial charge in [-0.1, -0.05) is 62.4 Å². The van der Waals surface area contributed by atoms with E-state index in [2.05, 4.69) is 34.9 Å². The van der Waals surface area contributed by atoms with E-state index in [0.29, 0.717) is 25.9 Å². The monoisotopic (exact) mass is 480 g/mol. The Morgan fingerprint density at radius 1 is 1.03 bits per heavy atom. The quantitative estimate of drug-likeness (QED) is 0.504. The molecular formula is C27H32N2O6. The molecule has 8 nitrogen and oxygen atoms in total. The first-order valence-corrected chi connectivity index (χ1v) is 12.1. The number of rotatable bonds is 9. The highest BCUT2D eigenvalue weighted by atomic mass is 16.6. The minimum atomic E-state index is -1.02. The van der Waals surface area contributed by atoms with Crippen molar-refractivity contribution in [2.24, 2.45) is 5.41 Å². The van der Waals surface area contributed by atoms with Gasteiger partial charge in [0.15, 0.2) is 6.10 Å². The van der Waals surface area contributed by atoms with Gasteiger partial charge in [0.05, 0.1) is 11.5 Å². The molecular weight excluding hydrogens is 448 g/mol. The van der Waals surface area contributed by atoms with Crippen LogP contribution in [0.25, 0.3) is 11.1 Å². The van der Waals surface area contributed by atoms with Gasteiger partial charge in [-0.2, -0.15) is 0 Å². The number of alkyl carbamates (subject to hydrolysis) is 1. The molecule has 186 valence electrons. The van der Waals surface area contributed by atoms with Crippen molar-refractivity contribution < 1.29 is 29.0 Å².